The monoisotopic (exact) mass is 351 g/mol. The molecule has 6 heteroatoms. The Bertz CT molecular complexity index is 903. The van der Waals surface area contributed by atoms with Crippen LogP contribution in [0.5, 0.6) is 5.75 Å². The van der Waals surface area contributed by atoms with Gasteiger partial charge in [0.05, 0.1) is 12.7 Å². The van der Waals surface area contributed by atoms with E-state index in [9.17, 15) is 4.79 Å². The molecule has 6 nitrogen and oxygen atoms in total. The highest BCUT2D eigenvalue weighted by atomic mass is 16.5. The summed E-state index contributed by atoms with van der Waals surface area (Å²) in [5, 5.41) is 6.74. The third kappa shape index (κ3) is 3.85. The third-order valence-corrected chi connectivity index (χ3v) is 4.00. The van der Waals surface area contributed by atoms with E-state index >= 15 is 0 Å². The number of hydrogen-bond acceptors (Lipinski definition) is 5. The maximum Gasteiger partial charge on any atom is 0.273 e. The van der Waals surface area contributed by atoms with E-state index in [2.05, 4.69) is 10.5 Å². The summed E-state index contributed by atoms with van der Waals surface area (Å²) in [6.07, 6.45) is 0. The number of ether oxygens (including phenoxy) is 1. The van der Waals surface area contributed by atoms with Crippen LogP contribution in [0.15, 0.2) is 59.1 Å². The molecule has 2 aromatic carbocycles. The first-order valence-corrected chi connectivity index (χ1v) is 8.23. The fourth-order valence-electron chi connectivity index (χ4n) is 2.57. The molecule has 0 aliphatic heterocycles. The van der Waals surface area contributed by atoms with Crippen LogP contribution < -0.4 is 15.0 Å². The molecule has 3 rings (SSSR count). The Labute approximate surface area is 152 Å². The summed E-state index contributed by atoms with van der Waals surface area (Å²) in [6.45, 7) is 0.414. The van der Waals surface area contributed by atoms with Crippen molar-refractivity contribution in [2.45, 2.75) is 6.54 Å². The van der Waals surface area contributed by atoms with E-state index in [1.807, 2.05) is 67.5 Å². The zero-order valence-corrected chi connectivity index (χ0v) is 15.0. The van der Waals surface area contributed by atoms with Crippen molar-refractivity contribution in [3.63, 3.8) is 0 Å². The molecule has 134 valence electrons. The first kappa shape index (κ1) is 17.5. The second-order valence-electron chi connectivity index (χ2n) is 6.02. The molecule has 0 saturated heterocycles. The predicted molar refractivity (Wildman–Crippen MR) is 100 cm³/mol. The molecule has 1 aromatic heterocycles. The molecular formula is C20H21N3O3. The van der Waals surface area contributed by atoms with E-state index < -0.39 is 0 Å². The number of nitrogens with one attached hydrogen (secondary N) is 1. The summed E-state index contributed by atoms with van der Waals surface area (Å²) in [4.78, 5) is 14.4. The first-order valence-electron chi connectivity index (χ1n) is 8.23. The van der Waals surface area contributed by atoms with Gasteiger partial charge in [-0.15, -0.1) is 0 Å². The molecule has 0 fully saturated rings. The minimum Gasteiger partial charge on any atom is -0.496 e. The topological polar surface area (TPSA) is 67.6 Å². The molecule has 0 saturated carbocycles. The standard InChI is InChI=1S/C20H21N3O3/c1-23(2)15-8-6-7-14(11-15)13-21-20(24)17-12-19(26-22-17)16-9-4-5-10-18(16)25-3/h4-12H,13H2,1-3H3,(H,21,24). The SMILES string of the molecule is COc1ccccc1-c1cc(C(=O)NCc2cccc(N(C)C)c2)no1. The maximum absolute atomic E-state index is 12.4. The lowest BCUT2D eigenvalue weighted by Crippen LogP contribution is -2.23. The average molecular weight is 351 g/mol. The van der Waals surface area contributed by atoms with Gasteiger partial charge in [0.15, 0.2) is 11.5 Å². The Morgan fingerprint density at radius 2 is 1.96 bits per heavy atom. The quantitative estimate of drug-likeness (QED) is 0.738. The lowest BCUT2D eigenvalue weighted by atomic mass is 10.1. The van der Waals surface area contributed by atoms with Crippen LogP contribution in [0, 0.1) is 0 Å². The van der Waals surface area contributed by atoms with Gasteiger partial charge < -0.3 is 19.5 Å². The van der Waals surface area contributed by atoms with Crippen molar-refractivity contribution in [3.05, 3.63) is 65.9 Å². The van der Waals surface area contributed by atoms with E-state index in [-0.39, 0.29) is 11.6 Å². The van der Waals surface area contributed by atoms with Gasteiger partial charge >= 0.3 is 0 Å². The van der Waals surface area contributed by atoms with Gasteiger partial charge in [-0.05, 0) is 29.8 Å². The van der Waals surface area contributed by atoms with Gasteiger partial charge in [0, 0.05) is 32.4 Å². The van der Waals surface area contributed by atoms with E-state index in [0.29, 0.717) is 18.1 Å². The highest BCUT2D eigenvalue weighted by Gasteiger charge is 2.16. The highest BCUT2D eigenvalue weighted by molar-refractivity contribution is 5.93. The van der Waals surface area contributed by atoms with Gasteiger partial charge in [0.2, 0.25) is 0 Å². The van der Waals surface area contributed by atoms with Gasteiger partial charge in [-0.3, -0.25) is 4.79 Å². The summed E-state index contributed by atoms with van der Waals surface area (Å²) in [7, 11) is 5.55. The maximum atomic E-state index is 12.4. The number of amides is 1. The zero-order valence-electron chi connectivity index (χ0n) is 15.0. The minimum atomic E-state index is -0.287. The summed E-state index contributed by atoms with van der Waals surface area (Å²) < 4.78 is 10.6. The Morgan fingerprint density at radius 3 is 2.73 bits per heavy atom. The Balaban J connectivity index is 1.70. The second-order valence-corrected chi connectivity index (χ2v) is 6.02. The van der Waals surface area contributed by atoms with Crippen molar-refractivity contribution in [3.8, 4) is 17.1 Å². The number of hydrogen-bond donors (Lipinski definition) is 1. The van der Waals surface area contributed by atoms with E-state index in [4.69, 9.17) is 9.26 Å². The molecule has 26 heavy (non-hydrogen) atoms. The Hall–Kier alpha value is -3.28. The number of nitrogens with zero attached hydrogens (tertiary/aromatic N) is 2. The van der Waals surface area contributed by atoms with Gasteiger partial charge in [0.25, 0.3) is 5.91 Å². The molecule has 0 aliphatic rings. The van der Waals surface area contributed by atoms with Gasteiger partial charge in [-0.25, -0.2) is 0 Å². The minimum absolute atomic E-state index is 0.231. The van der Waals surface area contributed by atoms with Crippen LogP contribution in [-0.4, -0.2) is 32.3 Å². The van der Waals surface area contributed by atoms with Gasteiger partial charge in [-0.2, -0.15) is 0 Å². The fourth-order valence-corrected chi connectivity index (χ4v) is 2.57. The van der Waals surface area contributed by atoms with Crippen LogP contribution in [0.25, 0.3) is 11.3 Å². The van der Waals surface area contributed by atoms with E-state index in [1.165, 1.54) is 0 Å². The van der Waals surface area contributed by atoms with Crippen molar-refractivity contribution >= 4 is 11.6 Å². The van der Waals surface area contributed by atoms with Gasteiger partial charge in [0.1, 0.15) is 5.75 Å². The average Bonchev–Trinajstić information content (AvgIpc) is 3.16. The van der Waals surface area contributed by atoms with Crippen LogP contribution in [0.1, 0.15) is 16.1 Å². The van der Waals surface area contributed by atoms with Crippen molar-refractivity contribution in [2.75, 3.05) is 26.1 Å². The number of methoxy groups -OCH3 is 1. The van der Waals surface area contributed by atoms with Crippen LogP contribution in [0.2, 0.25) is 0 Å². The summed E-state index contributed by atoms with van der Waals surface area (Å²) in [5.41, 5.74) is 3.07. The number of carbonyl (C=O) groups excluding carboxylic acids is 1. The number of rotatable bonds is 6. The van der Waals surface area contributed by atoms with E-state index in [0.717, 1.165) is 16.8 Å². The van der Waals surface area contributed by atoms with Crippen molar-refractivity contribution < 1.29 is 14.1 Å². The predicted octanol–water partition coefficient (Wildman–Crippen LogP) is 3.35. The largest absolute Gasteiger partial charge is 0.496 e. The number of anilines is 1. The summed E-state index contributed by atoms with van der Waals surface area (Å²) in [6, 6.07) is 17.0. The van der Waals surface area contributed by atoms with E-state index in [1.54, 1.807) is 13.2 Å². The van der Waals surface area contributed by atoms with Crippen molar-refractivity contribution in [1.29, 1.82) is 0 Å². The second kappa shape index (κ2) is 7.74. The molecule has 0 atom stereocenters. The van der Waals surface area contributed by atoms with Crippen LogP contribution in [0.4, 0.5) is 5.69 Å². The number of benzene rings is 2. The molecule has 3 aromatic rings. The summed E-state index contributed by atoms with van der Waals surface area (Å²) >= 11 is 0. The fraction of sp³-hybridized carbons (Fsp3) is 0.200. The molecule has 1 N–H and O–H groups in total. The molecule has 0 aliphatic carbocycles. The smallest absolute Gasteiger partial charge is 0.273 e. The zero-order chi connectivity index (χ0) is 18.5. The molecule has 0 unspecified atom stereocenters. The van der Waals surface area contributed by atoms with Gasteiger partial charge in [-0.1, -0.05) is 29.4 Å². The molecule has 0 radical (unpaired) electrons. The highest BCUT2D eigenvalue weighted by Crippen LogP contribution is 2.29. The Kier molecular flexibility index (Phi) is 5.22. The lowest BCUT2D eigenvalue weighted by Gasteiger charge is -2.13. The van der Waals surface area contributed by atoms with Crippen molar-refractivity contribution in [2.24, 2.45) is 0 Å². The Morgan fingerprint density at radius 1 is 1.15 bits per heavy atom. The molecule has 1 heterocycles. The number of aromatic nitrogens is 1. The molecular weight excluding hydrogens is 330 g/mol. The molecule has 0 spiro atoms. The molecule has 0 bridgehead atoms. The molecule has 1 amide bonds. The third-order valence-electron chi connectivity index (χ3n) is 4.00. The lowest BCUT2D eigenvalue weighted by molar-refractivity contribution is 0.0942. The van der Waals surface area contributed by atoms with Crippen LogP contribution in [-0.2, 0) is 6.54 Å². The first-order chi connectivity index (χ1) is 12.6. The summed E-state index contributed by atoms with van der Waals surface area (Å²) in [5.74, 6) is 0.864. The van der Waals surface area contributed by atoms with Crippen LogP contribution in [0.3, 0.4) is 0 Å². The number of para-hydroxylation sites is 1. The number of carbonyl (C=O) groups is 1. The van der Waals surface area contributed by atoms with Crippen LogP contribution >= 0.6 is 0 Å². The van der Waals surface area contributed by atoms with Crippen molar-refractivity contribution in [1.82, 2.24) is 10.5 Å². The normalized spacial score (nSPS) is 10.4.